The van der Waals surface area contributed by atoms with Gasteiger partial charge in [0.25, 0.3) is 0 Å². The van der Waals surface area contributed by atoms with Gasteiger partial charge in [-0.25, -0.2) is 4.39 Å². The van der Waals surface area contributed by atoms with Crippen molar-refractivity contribution in [2.45, 2.75) is 64.3 Å². The van der Waals surface area contributed by atoms with E-state index < -0.39 is 0 Å². The summed E-state index contributed by atoms with van der Waals surface area (Å²) in [5.41, 5.74) is 1.84. The van der Waals surface area contributed by atoms with E-state index in [9.17, 15) is 9.18 Å². The number of aryl methyl sites for hydroxylation is 1. The molecular weight excluding hydrogens is 379 g/mol. The second-order valence-corrected chi connectivity index (χ2v) is 8.87. The Hall–Kier alpha value is -2.13. The molecule has 1 aliphatic carbocycles. The van der Waals surface area contributed by atoms with Gasteiger partial charge in [-0.2, -0.15) is 5.26 Å². The number of carbonyl (C=O) groups is 1. The van der Waals surface area contributed by atoms with E-state index in [1.165, 1.54) is 19.3 Å². The Morgan fingerprint density at radius 1 is 1.20 bits per heavy atom. The number of amides is 1. The smallest absolute Gasteiger partial charge is 0.220 e. The molecule has 6 heteroatoms. The second kappa shape index (κ2) is 11.3. The van der Waals surface area contributed by atoms with E-state index in [0.29, 0.717) is 25.3 Å². The first-order valence-corrected chi connectivity index (χ1v) is 11.4. The van der Waals surface area contributed by atoms with Gasteiger partial charge >= 0.3 is 0 Å². The van der Waals surface area contributed by atoms with E-state index in [1.54, 1.807) is 6.07 Å². The number of hydrogen-bond donors (Lipinski definition) is 1. The number of hydrogen-bond acceptors (Lipinski definition) is 4. The summed E-state index contributed by atoms with van der Waals surface area (Å²) in [4.78, 5) is 16.6. The predicted octanol–water partition coefficient (Wildman–Crippen LogP) is 4.02. The molecule has 164 valence electrons. The van der Waals surface area contributed by atoms with Gasteiger partial charge in [0, 0.05) is 45.1 Å². The standard InChI is InChI=1S/C24H35FN4O/c1-19-5-10-22(25)23(18-19)29-16-14-28(15-17-29)13-11-20-6-8-21(9-7-20)27-24(30)4-2-3-12-26/h5,10,18,20-21H,2-4,6-9,11,13-17H2,1H3,(H,27,30). The molecule has 1 amide bonds. The maximum Gasteiger partial charge on any atom is 0.220 e. The van der Waals surface area contributed by atoms with Crippen LogP contribution in [0.4, 0.5) is 10.1 Å². The van der Waals surface area contributed by atoms with Gasteiger partial charge < -0.3 is 10.2 Å². The van der Waals surface area contributed by atoms with Crippen LogP contribution in [0, 0.1) is 30.0 Å². The minimum Gasteiger partial charge on any atom is -0.367 e. The van der Waals surface area contributed by atoms with Crippen molar-refractivity contribution in [3.8, 4) is 6.07 Å². The lowest BCUT2D eigenvalue weighted by molar-refractivity contribution is -0.122. The third-order valence-electron chi connectivity index (χ3n) is 6.57. The molecule has 1 aliphatic heterocycles. The number of nitriles is 1. The normalized spacial score (nSPS) is 22.5. The molecule has 1 saturated heterocycles. The molecule has 0 unspecified atom stereocenters. The van der Waals surface area contributed by atoms with Crippen LogP contribution in [-0.2, 0) is 4.79 Å². The van der Waals surface area contributed by atoms with Crippen LogP contribution in [0.5, 0.6) is 0 Å². The van der Waals surface area contributed by atoms with Crippen molar-refractivity contribution >= 4 is 11.6 Å². The molecule has 2 fully saturated rings. The number of carbonyl (C=O) groups excluding carboxylic acids is 1. The first-order chi connectivity index (χ1) is 14.5. The van der Waals surface area contributed by atoms with Gasteiger partial charge in [-0.1, -0.05) is 6.07 Å². The van der Waals surface area contributed by atoms with Gasteiger partial charge in [-0.3, -0.25) is 9.69 Å². The molecule has 3 rings (SSSR count). The first kappa shape index (κ1) is 22.6. The number of nitrogens with zero attached hydrogens (tertiary/aromatic N) is 3. The number of piperazine rings is 1. The van der Waals surface area contributed by atoms with Gasteiger partial charge in [0.15, 0.2) is 0 Å². The Morgan fingerprint density at radius 2 is 1.93 bits per heavy atom. The van der Waals surface area contributed by atoms with E-state index in [-0.39, 0.29) is 11.7 Å². The average Bonchev–Trinajstić information content (AvgIpc) is 2.75. The maximum atomic E-state index is 14.1. The SMILES string of the molecule is Cc1ccc(F)c(N2CCN(CCC3CCC(NC(=O)CCCC#N)CC3)CC2)c1. The molecule has 1 aromatic carbocycles. The zero-order valence-corrected chi connectivity index (χ0v) is 18.2. The molecule has 1 heterocycles. The van der Waals surface area contributed by atoms with Gasteiger partial charge in [-0.15, -0.1) is 0 Å². The van der Waals surface area contributed by atoms with E-state index in [4.69, 9.17) is 5.26 Å². The Morgan fingerprint density at radius 3 is 2.63 bits per heavy atom. The van der Waals surface area contributed by atoms with Crippen molar-refractivity contribution < 1.29 is 9.18 Å². The van der Waals surface area contributed by atoms with E-state index in [2.05, 4.69) is 21.2 Å². The van der Waals surface area contributed by atoms with E-state index in [0.717, 1.165) is 62.7 Å². The predicted molar refractivity (Wildman–Crippen MR) is 118 cm³/mol. The number of unbranched alkanes of at least 4 members (excludes halogenated alkanes) is 1. The van der Waals surface area contributed by atoms with Crippen molar-refractivity contribution in [3.05, 3.63) is 29.6 Å². The summed E-state index contributed by atoms with van der Waals surface area (Å²) in [5.74, 6) is 0.712. The van der Waals surface area contributed by atoms with Crippen LogP contribution in [0.25, 0.3) is 0 Å². The number of nitrogens with one attached hydrogen (secondary N) is 1. The maximum absolute atomic E-state index is 14.1. The Labute approximate surface area is 180 Å². The zero-order chi connectivity index (χ0) is 21.3. The fraction of sp³-hybridized carbons (Fsp3) is 0.667. The largest absolute Gasteiger partial charge is 0.367 e. The second-order valence-electron chi connectivity index (χ2n) is 8.87. The molecule has 0 spiro atoms. The van der Waals surface area contributed by atoms with Crippen molar-refractivity contribution in [1.29, 1.82) is 5.26 Å². The van der Waals surface area contributed by atoms with Gasteiger partial charge in [-0.05, 0) is 75.6 Å². The van der Waals surface area contributed by atoms with Gasteiger partial charge in [0.05, 0.1) is 11.8 Å². The highest BCUT2D eigenvalue weighted by Gasteiger charge is 2.24. The van der Waals surface area contributed by atoms with Crippen molar-refractivity contribution in [3.63, 3.8) is 0 Å². The number of benzene rings is 1. The van der Waals surface area contributed by atoms with Crippen LogP contribution < -0.4 is 10.2 Å². The minimum atomic E-state index is -0.122. The molecule has 0 aromatic heterocycles. The summed E-state index contributed by atoms with van der Waals surface area (Å²) in [7, 11) is 0. The topological polar surface area (TPSA) is 59.4 Å². The monoisotopic (exact) mass is 414 g/mol. The Balaban J connectivity index is 1.32. The summed E-state index contributed by atoms with van der Waals surface area (Å²) in [6, 6.07) is 7.74. The van der Waals surface area contributed by atoms with Gasteiger partial charge in [0.2, 0.25) is 5.91 Å². The summed E-state index contributed by atoms with van der Waals surface area (Å²) >= 11 is 0. The quantitative estimate of drug-likeness (QED) is 0.653. The van der Waals surface area contributed by atoms with Crippen LogP contribution in [-0.4, -0.2) is 49.6 Å². The lowest BCUT2D eigenvalue weighted by Crippen LogP contribution is -2.47. The summed E-state index contributed by atoms with van der Waals surface area (Å²) in [6.45, 7) is 6.85. The third-order valence-corrected chi connectivity index (χ3v) is 6.57. The van der Waals surface area contributed by atoms with Crippen LogP contribution in [0.2, 0.25) is 0 Å². The molecule has 30 heavy (non-hydrogen) atoms. The van der Waals surface area contributed by atoms with E-state index >= 15 is 0 Å². The highest BCUT2D eigenvalue weighted by molar-refractivity contribution is 5.76. The fourth-order valence-electron chi connectivity index (χ4n) is 4.67. The van der Waals surface area contributed by atoms with Crippen LogP contribution in [0.3, 0.4) is 0 Å². The van der Waals surface area contributed by atoms with Gasteiger partial charge in [0.1, 0.15) is 5.82 Å². The first-order valence-electron chi connectivity index (χ1n) is 11.4. The van der Waals surface area contributed by atoms with Crippen LogP contribution in [0.15, 0.2) is 18.2 Å². The molecule has 1 saturated carbocycles. The molecule has 0 radical (unpaired) electrons. The third kappa shape index (κ3) is 6.70. The van der Waals surface area contributed by atoms with Crippen LogP contribution >= 0.6 is 0 Å². The highest BCUT2D eigenvalue weighted by Crippen LogP contribution is 2.28. The fourth-order valence-corrected chi connectivity index (χ4v) is 4.67. The Kier molecular flexibility index (Phi) is 8.50. The van der Waals surface area contributed by atoms with Crippen molar-refractivity contribution in [1.82, 2.24) is 10.2 Å². The zero-order valence-electron chi connectivity index (χ0n) is 18.2. The highest BCUT2D eigenvalue weighted by atomic mass is 19.1. The molecular formula is C24H35FN4O. The van der Waals surface area contributed by atoms with Crippen molar-refractivity contribution in [2.24, 2.45) is 5.92 Å². The Bertz CT molecular complexity index is 731. The average molecular weight is 415 g/mol. The molecule has 1 aromatic rings. The lowest BCUT2D eigenvalue weighted by atomic mass is 9.84. The molecule has 1 N–H and O–H groups in total. The molecule has 5 nitrogen and oxygen atoms in total. The molecule has 2 aliphatic rings. The summed E-state index contributed by atoms with van der Waals surface area (Å²) in [6.07, 6.45) is 7.27. The number of rotatable bonds is 8. The summed E-state index contributed by atoms with van der Waals surface area (Å²) in [5, 5.41) is 11.7. The minimum absolute atomic E-state index is 0.0941. The lowest BCUT2D eigenvalue weighted by Gasteiger charge is -2.37. The summed E-state index contributed by atoms with van der Waals surface area (Å²) < 4.78 is 14.1. The number of anilines is 1. The van der Waals surface area contributed by atoms with E-state index in [1.807, 2.05) is 19.1 Å². The van der Waals surface area contributed by atoms with Crippen LogP contribution in [0.1, 0.15) is 56.9 Å². The molecule has 0 atom stereocenters. The number of halogens is 1. The van der Waals surface area contributed by atoms with Crippen molar-refractivity contribution in [2.75, 3.05) is 37.6 Å². The molecule has 0 bridgehead atoms.